The molecule has 1 saturated carbocycles. The molecule has 0 spiro atoms. The van der Waals surface area contributed by atoms with E-state index in [1.807, 2.05) is 4.40 Å². The van der Waals surface area contributed by atoms with Crippen LogP contribution < -0.4 is 16.8 Å². The Balaban J connectivity index is 1.28. The number of pyridine rings is 1. The van der Waals surface area contributed by atoms with Crippen molar-refractivity contribution >= 4 is 23.1 Å². The third-order valence-electron chi connectivity index (χ3n) is 7.20. The van der Waals surface area contributed by atoms with Gasteiger partial charge in [-0.05, 0) is 43.5 Å². The molecule has 0 radical (unpaired) electrons. The van der Waals surface area contributed by atoms with Crippen molar-refractivity contribution in [1.82, 2.24) is 29.5 Å². The maximum Gasteiger partial charge on any atom is 0.434 e. The Kier molecular flexibility index (Phi) is 6.52. The summed E-state index contributed by atoms with van der Waals surface area (Å²) in [5.41, 5.74) is 7.45. The van der Waals surface area contributed by atoms with E-state index in [-0.39, 0.29) is 29.0 Å². The first kappa shape index (κ1) is 26.2. The molecule has 6 rings (SSSR count). The second-order valence-electron chi connectivity index (χ2n) is 9.82. The van der Waals surface area contributed by atoms with Gasteiger partial charge in [-0.3, -0.25) is 9.20 Å². The van der Waals surface area contributed by atoms with Crippen LogP contribution in [-0.4, -0.2) is 35.5 Å². The minimum Gasteiger partial charge on any atom is -0.392 e. The summed E-state index contributed by atoms with van der Waals surface area (Å²) >= 11 is 0. The number of H-pyrrole nitrogens is 1. The quantitative estimate of drug-likeness (QED) is 0.276. The molecular formula is C27H23F3N8O3. The molecule has 210 valence electrons. The second-order valence-corrected chi connectivity index (χ2v) is 9.82. The zero-order valence-electron chi connectivity index (χ0n) is 21.4. The fourth-order valence-electron chi connectivity index (χ4n) is 5.28. The van der Waals surface area contributed by atoms with Crippen molar-refractivity contribution in [2.75, 3.05) is 11.1 Å². The molecular weight excluding hydrogens is 541 g/mol. The fourth-order valence-corrected chi connectivity index (χ4v) is 5.28. The first-order valence-electron chi connectivity index (χ1n) is 12.8. The molecule has 1 fully saturated rings. The number of benzene rings is 1. The van der Waals surface area contributed by atoms with E-state index in [4.69, 9.17) is 15.1 Å². The molecule has 1 aliphatic rings. The summed E-state index contributed by atoms with van der Waals surface area (Å²) in [5.74, 6) is 0.0357. The number of nitrogens with zero attached hydrogens (tertiary/aromatic N) is 5. The van der Waals surface area contributed by atoms with Gasteiger partial charge in [0.05, 0.1) is 5.56 Å². The van der Waals surface area contributed by atoms with E-state index in [0.29, 0.717) is 29.1 Å². The number of nitrogens with one attached hydrogen (secondary N) is 2. The van der Waals surface area contributed by atoms with Crippen LogP contribution in [0.2, 0.25) is 0 Å². The zero-order valence-corrected chi connectivity index (χ0v) is 21.4. The molecule has 5 aromatic rings. The molecule has 0 bridgehead atoms. The predicted molar refractivity (Wildman–Crippen MR) is 141 cm³/mol. The van der Waals surface area contributed by atoms with Crippen LogP contribution in [0.15, 0.2) is 64.2 Å². The number of halogens is 3. The Morgan fingerprint density at radius 3 is 2.61 bits per heavy atom. The van der Waals surface area contributed by atoms with Gasteiger partial charge in [-0.1, -0.05) is 18.6 Å². The van der Waals surface area contributed by atoms with Gasteiger partial charge in [0.15, 0.2) is 0 Å². The predicted octanol–water partition coefficient (Wildman–Crippen LogP) is 4.76. The highest BCUT2D eigenvalue weighted by atomic mass is 19.4. The number of hydrogen-bond acceptors (Lipinski definition) is 8. The number of hydrogen-bond donors (Lipinski definition) is 3. The third-order valence-corrected chi connectivity index (χ3v) is 7.20. The zero-order chi connectivity index (χ0) is 28.7. The van der Waals surface area contributed by atoms with Crippen LogP contribution in [-0.2, 0) is 6.18 Å². The van der Waals surface area contributed by atoms with Crippen LogP contribution in [0.25, 0.3) is 16.8 Å². The number of rotatable bonds is 5. The van der Waals surface area contributed by atoms with Crippen molar-refractivity contribution in [2.45, 2.75) is 43.7 Å². The van der Waals surface area contributed by atoms with E-state index in [9.17, 15) is 22.8 Å². The monoisotopic (exact) mass is 564 g/mol. The standard InChI is InChI=1S/C27H23F3N8O3/c28-27(29,30)18-8-9-32-19(13-18)34-24(39)15-6-4-14(5-7-15)20-21-22(31)33-10-11-38(21)23(35-20)16-2-1-3-17(12-16)25-36-37-26(40)41-25/h4-11,13,16-17H,1-3,12H2,(H2,31,33)(H,37,40)(H,32,34,39)/t16-,17+/m1/s1. The van der Waals surface area contributed by atoms with Crippen LogP contribution in [0.3, 0.4) is 0 Å². The SMILES string of the molecule is Nc1nccn2c([C@@H]3CCC[C@H](c4n[nH]c(=O)o4)C3)nc(-c3ccc(C(=O)Nc4cc(C(F)(F)F)ccn4)cc3)c12. The summed E-state index contributed by atoms with van der Waals surface area (Å²) in [7, 11) is 0. The maximum absolute atomic E-state index is 13.0. The number of nitrogen functional groups attached to an aromatic ring is 1. The van der Waals surface area contributed by atoms with Crippen LogP contribution in [0.5, 0.6) is 0 Å². The number of carbonyl (C=O) groups is 1. The smallest absolute Gasteiger partial charge is 0.392 e. The lowest BCUT2D eigenvalue weighted by molar-refractivity contribution is -0.137. The van der Waals surface area contributed by atoms with E-state index >= 15 is 0 Å². The molecule has 4 aromatic heterocycles. The number of imidazole rings is 1. The molecule has 1 aromatic carbocycles. The van der Waals surface area contributed by atoms with Crippen molar-refractivity contribution in [3.05, 3.63) is 88.4 Å². The molecule has 4 N–H and O–H groups in total. The van der Waals surface area contributed by atoms with Crippen molar-refractivity contribution in [3.8, 4) is 11.3 Å². The highest BCUT2D eigenvalue weighted by molar-refractivity contribution is 6.04. The molecule has 1 aliphatic carbocycles. The van der Waals surface area contributed by atoms with Crippen LogP contribution in [0.1, 0.15) is 65.2 Å². The molecule has 1 amide bonds. The first-order chi connectivity index (χ1) is 19.7. The largest absolute Gasteiger partial charge is 0.434 e. The maximum atomic E-state index is 13.0. The van der Waals surface area contributed by atoms with E-state index < -0.39 is 23.4 Å². The summed E-state index contributed by atoms with van der Waals surface area (Å²) in [5, 5.41) is 8.74. The lowest BCUT2D eigenvalue weighted by Crippen LogP contribution is -2.16. The van der Waals surface area contributed by atoms with Gasteiger partial charge in [-0.25, -0.2) is 24.8 Å². The van der Waals surface area contributed by atoms with E-state index in [1.54, 1.807) is 36.7 Å². The molecule has 0 saturated heterocycles. The summed E-state index contributed by atoms with van der Waals surface area (Å²) < 4.78 is 46.2. The lowest BCUT2D eigenvalue weighted by atomic mass is 9.81. The molecule has 14 heteroatoms. The van der Waals surface area contributed by atoms with E-state index in [0.717, 1.165) is 43.4 Å². The lowest BCUT2D eigenvalue weighted by Gasteiger charge is -2.26. The van der Waals surface area contributed by atoms with E-state index in [1.165, 1.54) is 0 Å². The topological polar surface area (TPSA) is 157 Å². The number of fused-ring (bicyclic) bond motifs is 1. The number of aromatic nitrogens is 6. The van der Waals surface area contributed by atoms with Gasteiger partial charge in [0.1, 0.15) is 28.7 Å². The van der Waals surface area contributed by atoms with Gasteiger partial charge >= 0.3 is 11.9 Å². The van der Waals surface area contributed by atoms with Crippen molar-refractivity contribution in [3.63, 3.8) is 0 Å². The molecule has 41 heavy (non-hydrogen) atoms. The Hall–Kier alpha value is -5.01. The average molecular weight is 565 g/mol. The van der Waals surface area contributed by atoms with Crippen LogP contribution in [0, 0.1) is 0 Å². The number of aromatic amines is 1. The number of carbonyl (C=O) groups excluding carboxylic acids is 1. The Morgan fingerprint density at radius 2 is 1.88 bits per heavy atom. The van der Waals surface area contributed by atoms with Crippen LogP contribution >= 0.6 is 0 Å². The van der Waals surface area contributed by atoms with Gasteiger partial charge in [-0.2, -0.15) is 13.2 Å². The van der Waals surface area contributed by atoms with E-state index in [2.05, 4.69) is 25.5 Å². The van der Waals surface area contributed by atoms with Gasteiger partial charge < -0.3 is 15.5 Å². The second kappa shape index (κ2) is 10.2. The number of amides is 1. The molecule has 0 unspecified atom stereocenters. The van der Waals surface area contributed by atoms with Crippen molar-refractivity contribution in [1.29, 1.82) is 0 Å². The van der Waals surface area contributed by atoms with Gasteiger partial charge in [0, 0.05) is 41.6 Å². The molecule has 2 atom stereocenters. The summed E-state index contributed by atoms with van der Waals surface area (Å²) in [6.45, 7) is 0. The minimum absolute atomic E-state index is 0.0313. The van der Waals surface area contributed by atoms with Gasteiger partial charge in [0.2, 0.25) is 5.89 Å². The van der Waals surface area contributed by atoms with Crippen LogP contribution in [0.4, 0.5) is 24.8 Å². The number of nitrogens with two attached hydrogens (primary N) is 1. The number of anilines is 2. The third kappa shape index (κ3) is 5.15. The first-order valence-corrected chi connectivity index (χ1v) is 12.8. The average Bonchev–Trinajstić information content (AvgIpc) is 3.58. The van der Waals surface area contributed by atoms with Gasteiger partial charge in [-0.15, -0.1) is 5.10 Å². The van der Waals surface area contributed by atoms with Gasteiger partial charge in [0.25, 0.3) is 5.91 Å². The highest BCUT2D eigenvalue weighted by Gasteiger charge is 2.32. The summed E-state index contributed by atoms with van der Waals surface area (Å²) in [6, 6.07) is 8.08. The Morgan fingerprint density at radius 1 is 1.10 bits per heavy atom. The molecule has 11 nitrogen and oxygen atoms in total. The van der Waals surface area contributed by atoms with Crippen molar-refractivity contribution in [2.24, 2.45) is 0 Å². The minimum atomic E-state index is -4.56. The normalized spacial score (nSPS) is 17.5. The molecule has 4 heterocycles. The highest BCUT2D eigenvalue weighted by Crippen LogP contribution is 2.42. The Labute approximate surface area is 229 Å². The fraction of sp³-hybridized carbons (Fsp3) is 0.259. The summed E-state index contributed by atoms with van der Waals surface area (Å²) in [4.78, 5) is 37.2. The van der Waals surface area contributed by atoms with Crippen molar-refractivity contribution < 1.29 is 22.4 Å². The molecule has 0 aliphatic heterocycles. The summed E-state index contributed by atoms with van der Waals surface area (Å²) in [6.07, 6.45) is 3.09. The number of alkyl halides is 3. The Bertz CT molecular complexity index is 1790.